The van der Waals surface area contributed by atoms with Gasteiger partial charge in [0.05, 0.1) is 6.04 Å². The molecule has 0 radical (unpaired) electrons. The lowest BCUT2D eigenvalue weighted by atomic mass is 10.1. The zero-order chi connectivity index (χ0) is 15.0. The van der Waals surface area contributed by atoms with Crippen LogP contribution in [0.15, 0.2) is 30.3 Å². The van der Waals surface area contributed by atoms with Gasteiger partial charge in [0, 0.05) is 0 Å². The highest BCUT2D eigenvalue weighted by atomic mass is 16.4. The van der Waals surface area contributed by atoms with Crippen molar-refractivity contribution in [1.82, 2.24) is 10.6 Å². The predicted octanol–water partition coefficient (Wildman–Crippen LogP) is 1.39. The molecule has 0 heterocycles. The number of hydrogen-bond donors (Lipinski definition) is 3. The average molecular weight is 274 g/mol. The van der Waals surface area contributed by atoms with E-state index in [2.05, 4.69) is 16.6 Å². The van der Waals surface area contributed by atoms with Crippen LogP contribution < -0.4 is 10.6 Å². The minimum absolute atomic E-state index is 0.317. The Balaban J connectivity index is 2.51. The third-order valence-corrected chi connectivity index (χ3v) is 2.77. The Morgan fingerprint density at radius 2 is 1.95 bits per heavy atom. The molecule has 2 atom stereocenters. The number of hydrogen-bond acceptors (Lipinski definition) is 2. The zero-order valence-corrected chi connectivity index (χ0v) is 11.3. The summed E-state index contributed by atoms with van der Waals surface area (Å²) in [5.74, 6) is 1.27. The molecule has 20 heavy (non-hydrogen) atoms. The molecule has 0 saturated heterocycles. The van der Waals surface area contributed by atoms with Crippen LogP contribution in [-0.4, -0.2) is 29.2 Å². The van der Waals surface area contributed by atoms with Crippen molar-refractivity contribution in [2.75, 3.05) is 0 Å². The zero-order valence-electron chi connectivity index (χ0n) is 11.3. The van der Waals surface area contributed by atoms with Crippen molar-refractivity contribution < 1.29 is 14.7 Å². The average Bonchev–Trinajstić information content (AvgIpc) is 2.44. The number of carboxylic acid groups (broad SMARTS) is 1. The molecule has 2 amide bonds. The second-order valence-electron chi connectivity index (χ2n) is 4.42. The number of rotatable bonds is 6. The Hall–Kier alpha value is -2.48. The molecule has 2 unspecified atom stereocenters. The minimum Gasteiger partial charge on any atom is -0.480 e. The molecule has 5 heteroatoms. The van der Waals surface area contributed by atoms with Gasteiger partial charge in [-0.25, -0.2) is 9.59 Å². The normalized spacial score (nSPS) is 12.8. The minimum atomic E-state index is -1.07. The highest BCUT2D eigenvalue weighted by molar-refractivity contribution is 5.82. The van der Waals surface area contributed by atoms with E-state index in [1.165, 1.54) is 0 Å². The second kappa shape index (κ2) is 7.85. The van der Waals surface area contributed by atoms with E-state index in [1.54, 1.807) is 6.92 Å². The standard InChI is InChI=1S/C15H18N2O3/c1-3-11(2)16-15(20)17-13(14(18)19)10-9-12-7-5-4-6-8-12/h1,4-8,11,13H,9-10H2,2H3,(H,18,19)(H2,16,17,20). The third-order valence-electron chi connectivity index (χ3n) is 2.77. The number of urea groups is 1. The monoisotopic (exact) mass is 274 g/mol. The Bertz CT molecular complexity index is 494. The fourth-order valence-electron chi connectivity index (χ4n) is 1.65. The van der Waals surface area contributed by atoms with E-state index in [-0.39, 0.29) is 0 Å². The van der Waals surface area contributed by atoms with Crippen LogP contribution in [0.2, 0.25) is 0 Å². The molecule has 0 aliphatic rings. The van der Waals surface area contributed by atoms with Gasteiger partial charge in [-0.05, 0) is 25.3 Å². The molecule has 3 N–H and O–H groups in total. The summed E-state index contributed by atoms with van der Waals surface area (Å²) >= 11 is 0. The van der Waals surface area contributed by atoms with Crippen LogP contribution in [0.3, 0.4) is 0 Å². The Morgan fingerprint density at radius 1 is 1.30 bits per heavy atom. The van der Waals surface area contributed by atoms with Crippen molar-refractivity contribution in [1.29, 1.82) is 0 Å². The van der Waals surface area contributed by atoms with Gasteiger partial charge in [0.2, 0.25) is 0 Å². The molecule has 1 aromatic rings. The van der Waals surface area contributed by atoms with Crippen molar-refractivity contribution >= 4 is 12.0 Å². The van der Waals surface area contributed by atoms with E-state index >= 15 is 0 Å². The number of aryl methyl sites for hydroxylation is 1. The molecular weight excluding hydrogens is 256 g/mol. The van der Waals surface area contributed by atoms with Gasteiger partial charge >= 0.3 is 12.0 Å². The number of amides is 2. The number of terminal acetylenes is 1. The largest absolute Gasteiger partial charge is 0.480 e. The summed E-state index contributed by atoms with van der Waals surface area (Å²) in [6, 6.07) is 7.54. The van der Waals surface area contributed by atoms with Crippen molar-refractivity contribution in [3.63, 3.8) is 0 Å². The van der Waals surface area contributed by atoms with E-state index in [0.717, 1.165) is 5.56 Å². The summed E-state index contributed by atoms with van der Waals surface area (Å²) < 4.78 is 0. The van der Waals surface area contributed by atoms with Gasteiger partial charge in [-0.3, -0.25) is 0 Å². The quantitative estimate of drug-likeness (QED) is 0.686. The molecule has 0 aliphatic carbocycles. The van der Waals surface area contributed by atoms with E-state index in [1.807, 2.05) is 30.3 Å². The molecule has 106 valence electrons. The predicted molar refractivity (Wildman–Crippen MR) is 76.1 cm³/mol. The lowest BCUT2D eigenvalue weighted by molar-refractivity contribution is -0.139. The first-order chi connectivity index (χ1) is 9.52. The Morgan fingerprint density at radius 3 is 2.50 bits per heavy atom. The number of carbonyl (C=O) groups excluding carboxylic acids is 1. The summed E-state index contributed by atoms with van der Waals surface area (Å²) in [5, 5.41) is 14.0. The van der Waals surface area contributed by atoms with E-state index in [4.69, 9.17) is 11.5 Å². The molecule has 5 nitrogen and oxygen atoms in total. The lowest BCUT2D eigenvalue weighted by Crippen LogP contribution is -2.48. The number of aliphatic carboxylic acids is 1. The highest BCUT2D eigenvalue weighted by Gasteiger charge is 2.20. The molecule has 0 fully saturated rings. The first-order valence-corrected chi connectivity index (χ1v) is 6.33. The van der Waals surface area contributed by atoms with Gasteiger partial charge in [0.15, 0.2) is 0 Å². The summed E-state index contributed by atoms with van der Waals surface area (Å²) in [4.78, 5) is 22.7. The number of carbonyl (C=O) groups is 2. The molecular formula is C15H18N2O3. The fraction of sp³-hybridized carbons (Fsp3) is 0.333. The topological polar surface area (TPSA) is 78.4 Å². The molecule has 1 rings (SSSR count). The van der Waals surface area contributed by atoms with Gasteiger partial charge in [-0.1, -0.05) is 36.3 Å². The molecule has 1 aromatic carbocycles. The van der Waals surface area contributed by atoms with Crippen LogP contribution in [0.1, 0.15) is 18.9 Å². The van der Waals surface area contributed by atoms with Gasteiger partial charge in [-0.2, -0.15) is 0 Å². The maximum Gasteiger partial charge on any atom is 0.326 e. The first-order valence-electron chi connectivity index (χ1n) is 6.33. The van der Waals surface area contributed by atoms with E-state index in [9.17, 15) is 9.59 Å². The van der Waals surface area contributed by atoms with Crippen LogP contribution in [0.4, 0.5) is 4.79 Å². The lowest BCUT2D eigenvalue weighted by Gasteiger charge is -2.16. The Labute approximate surface area is 118 Å². The maximum atomic E-state index is 11.6. The first kappa shape index (κ1) is 15.6. The summed E-state index contributed by atoms with van der Waals surface area (Å²) in [7, 11) is 0. The van der Waals surface area contributed by atoms with Crippen molar-refractivity contribution in [2.24, 2.45) is 0 Å². The molecule has 0 aromatic heterocycles. The highest BCUT2D eigenvalue weighted by Crippen LogP contribution is 2.05. The number of benzene rings is 1. The molecule has 0 spiro atoms. The van der Waals surface area contributed by atoms with Gasteiger partial charge in [0.25, 0.3) is 0 Å². The summed E-state index contributed by atoms with van der Waals surface area (Å²) in [6.07, 6.45) is 6.03. The van der Waals surface area contributed by atoms with E-state index < -0.39 is 24.1 Å². The van der Waals surface area contributed by atoms with Crippen molar-refractivity contribution in [3.05, 3.63) is 35.9 Å². The third kappa shape index (κ3) is 5.44. The molecule has 0 bridgehead atoms. The van der Waals surface area contributed by atoms with Crippen molar-refractivity contribution in [2.45, 2.75) is 31.8 Å². The summed E-state index contributed by atoms with van der Waals surface area (Å²) in [6.45, 7) is 1.64. The van der Waals surface area contributed by atoms with Crippen LogP contribution in [0.25, 0.3) is 0 Å². The van der Waals surface area contributed by atoms with Gasteiger partial charge < -0.3 is 15.7 Å². The SMILES string of the molecule is C#CC(C)NC(=O)NC(CCc1ccccc1)C(=O)O. The van der Waals surface area contributed by atoms with Crippen LogP contribution in [-0.2, 0) is 11.2 Å². The molecule has 0 saturated carbocycles. The smallest absolute Gasteiger partial charge is 0.326 e. The van der Waals surface area contributed by atoms with Gasteiger partial charge in [0.1, 0.15) is 6.04 Å². The number of nitrogens with one attached hydrogen (secondary N) is 2. The van der Waals surface area contributed by atoms with Crippen LogP contribution in [0, 0.1) is 12.3 Å². The van der Waals surface area contributed by atoms with Crippen LogP contribution >= 0.6 is 0 Å². The number of carboxylic acids is 1. The summed E-state index contributed by atoms with van der Waals surface area (Å²) in [5.41, 5.74) is 1.03. The Kier molecular flexibility index (Phi) is 6.11. The second-order valence-corrected chi connectivity index (χ2v) is 4.42. The molecule has 0 aliphatic heterocycles. The van der Waals surface area contributed by atoms with Gasteiger partial charge in [-0.15, -0.1) is 6.42 Å². The van der Waals surface area contributed by atoms with Crippen LogP contribution in [0.5, 0.6) is 0 Å². The fourth-order valence-corrected chi connectivity index (χ4v) is 1.65. The van der Waals surface area contributed by atoms with E-state index in [0.29, 0.717) is 12.8 Å². The van der Waals surface area contributed by atoms with Crippen molar-refractivity contribution in [3.8, 4) is 12.3 Å². The maximum absolute atomic E-state index is 11.6.